The van der Waals surface area contributed by atoms with Gasteiger partial charge in [0.25, 0.3) is 5.91 Å². The van der Waals surface area contributed by atoms with Crippen molar-refractivity contribution in [3.63, 3.8) is 0 Å². The number of rotatable bonds is 1. The van der Waals surface area contributed by atoms with E-state index < -0.39 is 0 Å². The second-order valence-corrected chi connectivity index (χ2v) is 3.57. The Bertz CT molecular complexity index is 305. The molecule has 2 heterocycles. The molecule has 0 aromatic carbocycles. The number of carbonyl (C=O) groups is 1. The summed E-state index contributed by atoms with van der Waals surface area (Å²) >= 11 is 0. The van der Waals surface area contributed by atoms with Gasteiger partial charge in [0.2, 0.25) is 0 Å². The van der Waals surface area contributed by atoms with Crippen LogP contribution in [-0.2, 0) is 0 Å². The molecule has 4 nitrogen and oxygen atoms in total. The SMILES string of the molecule is CN1CCN(C(=O)c2ccco2)CC1.Cl. The minimum Gasteiger partial charge on any atom is -0.459 e. The van der Waals surface area contributed by atoms with Crippen molar-refractivity contribution in [1.29, 1.82) is 0 Å². The van der Waals surface area contributed by atoms with E-state index in [0.717, 1.165) is 26.2 Å². The maximum Gasteiger partial charge on any atom is 0.289 e. The van der Waals surface area contributed by atoms with Gasteiger partial charge >= 0.3 is 0 Å². The third kappa shape index (κ3) is 2.73. The number of piperazine rings is 1. The van der Waals surface area contributed by atoms with E-state index in [0.29, 0.717) is 5.76 Å². The number of carbonyl (C=O) groups excluding carboxylic acids is 1. The largest absolute Gasteiger partial charge is 0.459 e. The fourth-order valence-corrected chi connectivity index (χ4v) is 1.57. The van der Waals surface area contributed by atoms with Crippen LogP contribution in [0, 0.1) is 0 Å². The summed E-state index contributed by atoms with van der Waals surface area (Å²) in [6, 6.07) is 3.45. The van der Waals surface area contributed by atoms with Gasteiger partial charge < -0.3 is 14.2 Å². The Labute approximate surface area is 95.2 Å². The van der Waals surface area contributed by atoms with Gasteiger partial charge in [-0.25, -0.2) is 0 Å². The minimum atomic E-state index is 0. The Morgan fingerprint density at radius 2 is 2.00 bits per heavy atom. The van der Waals surface area contributed by atoms with E-state index in [9.17, 15) is 4.79 Å². The maximum atomic E-state index is 11.8. The van der Waals surface area contributed by atoms with Gasteiger partial charge in [0.15, 0.2) is 5.76 Å². The Hall–Kier alpha value is -1.00. The predicted octanol–water partition coefficient (Wildman–Crippen LogP) is 1.09. The molecule has 0 bridgehead atoms. The number of halogens is 1. The molecule has 0 atom stereocenters. The summed E-state index contributed by atoms with van der Waals surface area (Å²) in [4.78, 5) is 15.8. The monoisotopic (exact) mass is 230 g/mol. The van der Waals surface area contributed by atoms with Crippen LogP contribution in [0.5, 0.6) is 0 Å². The zero-order chi connectivity index (χ0) is 9.97. The van der Waals surface area contributed by atoms with Gasteiger partial charge in [0, 0.05) is 26.2 Å². The highest BCUT2D eigenvalue weighted by molar-refractivity contribution is 5.91. The number of likely N-dealkylation sites (N-methyl/N-ethyl adjacent to an activating group) is 1. The van der Waals surface area contributed by atoms with Crippen molar-refractivity contribution < 1.29 is 9.21 Å². The molecule has 0 N–H and O–H groups in total. The zero-order valence-corrected chi connectivity index (χ0v) is 9.50. The van der Waals surface area contributed by atoms with Gasteiger partial charge in [-0.05, 0) is 19.2 Å². The maximum absolute atomic E-state index is 11.8. The molecule has 0 aliphatic carbocycles. The molecule has 84 valence electrons. The first-order valence-electron chi connectivity index (χ1n) is 4.79. The summed E-state index contributed by atoms with van der Waals surface area (Å²) in [5, 5.41) is 0. The van der Waals surface area contributed by atoms with Crippen molar-refractivity contribution in [2.45, 2.75) is 0 Å². The number of furan rings is 1. The molecule has 0 spiro atoms. The lowest BCUT2D eigenvalue weighted by molar-refractivity contribution is 0.0632. The lowest BCUT2D eigenvalue weighted by atomic mass is 10.3. The lowest BCUT2D eigenvalue weighted by Gasteiger charge is -2.31. The second kappa shape index (κ2) is 5.19. The van der Waals surface area contributed by atoms with Crippen LogP contribution in [-0.4, -0.2) is 48.9 Å². The van der Waals surface area contributed by atoms with Crippen molar-refractivity contribution in [2.75, 3.05) is 33.2 Å². The van der Waals surface area contributed by atoms with Crippen LogP contribution in [0.4, 0.5) is 0 Å². The van der Waals surface area contributed by atoms with Crippen LogP contribution in [0.2, 0.25) is 0 Å². The molecule has 0 saturated carbocycles. The summed E-state index contributed by atoms with van der Waals surface area (Å²) in [6.07, 6.45) is 1.53. The zero-order valence-electron chi connectivity index (χ0n) is 8.68. The Morgan fingerprint density at radius 1 is 1.33 bits per heavy atom. The summed E-state index contributed by atoms with van der Waals surface area (Å²) in [5.41, 5.74) is 0. The lowest BCUT2D eigenvalue weighted by Crippen LogP contribution is -2.47. The third-order valence-corrected chi connectivity index (χ3v) is 2.52. The molecule has 2 rings (SSSR count). The first kappa shape index (κ1) is 12.1. The second-order valence-electron chi connectivity index (χ2n) is 3.57. The van der Waals surface area contributed by atoms with Gasteiger partial charge in [0.05, 0.1) is 6.26 Å². The molecule has 1 saturated heterocycles. The van der Waals surface area contributed by atoms with Crippen LogP contribution < -0.4 is 0 Å². The highest BCUT2D eigenvalue weighted by atomic mass is 35.5. The normalized spacial score (nSPS) is 17.3. The van der Waals surface area contributed by atoms with Gasteiger partial charge in [0.1, 0.15) is 0 Å². The summed E-state index contributed by atoms with van der Waals surface area (Å²) in [6.45, 7) is 3.45. The number of hydrogen-bond acceptors (Lipinski definition) is 3. The number of hydrogen-bond donors (Lipinski definition) is 0. The van der Waals surface area contributed by atoms with Crippen LogP contribution in [0.3, 0.4) is 0 Å². The van der Waals surface area contributed by atoms with E-state index in [2.05, 4.69) is 11.9 Å². The molecular formula is C10H15ClN2O2. The molecule has 15 heavy (non-hydrogen) atoms. The molecule has 0 unspecified atom stereocenters. The summed E-state index contributed by atoms with van der Waals surface area (Å²) in [5.74, 6) is 0.442. The van der Waals surface area contributed by atoms with E-state index in [-0.39, 0.29) is 18.3 Å². The fourth-order valence-electron chi connectivity index (χ4n) is 1.57. The highest BCUT2D eigenvalue weighted by Gasteiger charge is 2.21. The molecule has 0 radical (unpaired) electrons. The van der Waals surface area contributed by atoms with Gasteiger partial charge in [-0.2, -0.15) is 0 Å². The van der Waals surface area contributed by atoms with E-state index in [1.807, 2.05) is 4.90 Å². The Kier molecular flexibility index (Phi) is 4.17. The summed E-state index contributed by atoms with van der Waals surface area (Å²) in [7, 11) is 2.06. The molecule has 1 aromatic rings. The molecular weight excluding hydrogens is 216 g/mol. The third-order valence-electron chi connectivity index (χ3n) is 2.52. The van der Waals surface area contributed by atoms with Crippen molar-refractivity contribution in [2.24, 2.45) is 0 Å². The minimum absolute atomic E-state index is 0. The molecule has 5 heteroatoms. The molecule has 1 amide bonds. The Balaban J connectivity index is 0.00000112. The van der Waals surface area contributed by atoms with E-state index in [1.165, 1.54) is 6.26 Å². The topological polar surface area (TPSA) is 36.7 Å². The number of nitrogens with zero attached hydrogens (tertiary/aromatic N) is 2. The van der Waals surface area contributed by atoms with Gasteiger partial charge in [-0.1, -0.05) is 0 Å². The van der Waals surface area contributed by atoms with Gasteiger partial charge in [-0.15, -0.1) is 12.4 Å². The average Bonchev–Trinajstić information content (AvgIpc) is 2.71. The van der Waals surface area contributed by atoms with Gasteiger partial charge in [-0.3, -0.25) is 4.79 Å². The van der Waals surface area contributed by atoms with Crippen LogP contribution in [0.25, 0.3) is 0 Å². The fraction of sp³-hybridized carbons (Fsp3) is 0.500. The van der Waals surface area contributed by atoms with Crippen LogP contribution in [0.1, 0.15) is 10.6 Å². The first-order valence-corrected chi connectivity index (χ1v) is 4.79. The van der Waals surface area contributed by atoms with E-state index in [1.54, 1.807) is 12.1 Å². The highest BCUT2D eigenvalue weighted by Crippen LogP contribution is 2.08. The summed E-state index contributed by atoms with van der Waals surface area (Å²) < 4.78 is 5.07. The van der Waals surface area contributed by atoms with Crippen molar-refractivity contribution in [3.8, 4) is 0 Å². The predicted molar refractivity (Wildman–Crippen MR) is 59.4 cm³/mol. The number of amides is 1. The first-order chi connectivity index (χ1) is 6.77. The molecule has 1 aliphatic heterocycles. The van der Waals surface area contributed by atoms with E-state index in [4.69, 9.17) is 4.42 Å². The van der Waals surface area contributed by atoms with E-state index >= 15 is 0 Å². The van der Waals surface area contributed by atoms with Crippen LogP contribution >= 0.6 is 12.4 Å². The standard InChI is InChI=1S/C10H14N2O2.ClH/c1-11-4-6-12(7-5-11)10(13)9-3-2-8-14-9;/h2-3,8H,4-7H2,1H3;1H. The van der Waals surface area contributed by atoms with Crippen molar-refractivity contribution >= 4 is 18.3 Å². The smallest absolute Gasteiger partial charge is 0.289 e. The average molecular weight is 231 g/mol. The Morgan fingerprint density at radius 3 is 2.53 bits per heavy atom. The molecule has 1 aromatic heterocycles. The van der Waals surface area contributed by atoms with Crippen molar-refractivity contribution in [1.82, 2.24) is 9.80 Å². The van der Waals surface area contributed by atoms with Crippen LogP contribution in [0.15, 0.2) is 22.8 Å². The quantitative estimate of drug-likeness (QED) is 0.725. The molecule has 1 fully saturated rings. The van der Waals surface area contributed by atoms with Crippen molar-refractivity contribution in [3.05, 3.63) is 24.2 Å². The molecule has 1 aliphatic rings.